The Hall–Kier alpha value is -1.81. The highest BCUT2D eigenvalue weighted by atomic mass is 35.5. The first-order valence-corrected chi connectivity index (χ1v) is 6.99. The smallest absolute Gasteiger partial charge is 0.348 e. The summed E-state index contributed by atoms with van der Waals surface area (Å²) in [7, 11) is 0. The molecule has 1 saturated heterocycles. The number of allylic oxidation sites excluding steroid dienone is 1. The van der Waals surface area contributed by atoms with E-state index in [2.05, 4.69) is 0 Å². The maximum Gasteiger partial charge on any atom is 0.348 e. The second kappa shape index (κ2) is 5.90. The average Bonchev–Trinajstić information content (AvgIpc) is 2.66. The third kappa shape index (κ3) is 3.45. The van der Waals surface area contributed by atoms with Crippen LogP contribution in [0.5, 0.6) is 0 Å². The topological polar surface area (TPSA) is 52.6 Å². The molecule has 1 fully saturated rings. The van der Waals surface area contributed by atoms with Crippen molar-refractivity contribution in [3.63, 3.8) is 0 Å². The number of carbonyl (C=O) groups excluding carboxylic acids is 2. The van der Waals surface area contributed by atoms with E-state index >= 15 is 0 Å². The number of hydrogen-bond acceptors (Lipinski definition) is 4. The highest BCUT2D eigenvalue weighted by Crippen LogP contribution is 2.31. The third-order valence-electron chi connectivity index (χ3n) is 3.38. The normalized spacial score (nSPS) is 21.0. The van der Waals surface area contributed by atoms with Crippen LogP contribution in [0.2, 0.25) is 5.02 Å². The van der Waals surface area contributed by atoms with E-state index in [9.17, 15) is 9.59 Å². The maximum atomic E-state index is 12.0. The van der Waals surface area contributed by atoms with Gasteiger partial charge in [-0.15, -0.1) is 0 Å². The van der Waals surface area contributed by atoms with Crippen LogP contribution in [0.1, 0.15) is 26.3 Å². The molecular formula is C16H17ClO4. The molecule has 0 spiro atoms. The lowest BCUT2D eigenvalue weighted by Crippen LogP contribution is -2.34. The molecule has 2 rings (SSSR count). The highest BCUT2D eigenvalue weighted by molar-refractivity contribution is 6.32. The Balaban J connectivity index is 2.13. The minimum absolute atomic E-state index is 0.247. The van der Waals surface area contributed by atoms with Gasteiger partial charge in [0.05, 0.1) is 0 Å². The van der Waals surface area contributed by atoms with Crippen LogP contribution in [0.15, 0.2) is 30.3 Å². The summed E-state index contributed by atoms with van der Waals surface area (Å²) < 4.78 is 10.2. The molecule has 0 amide bonds. The molecule has 1 aromatic carbocycles. The lowest BCUT2D eigenvalue weighted by Gasteiger charge is -2.21. The van der Waals surface area contributed by atoms with Gasteiger partial charge in [0.2, 0.25) is 6.10 Å². The summed E-state index contributed by atoms with van der Waals surface area (Å²) in [6.07, 6.45) is 0.461. The van der Waals surface area contributed by atoms with Gasteiger partial charge in [0.1, 0.15) is 6.61 Å². The van der Waals surface area contributed by atoms with Gasteiger partial charge in [-0.25, -0.2) is 9.59 Å². The molecule has 112 valence electrons. The minimum atomic E-state index is -0.875. The summed E-state index contributed by atoms with van der Waals surface area (Å²) in [5.74, 6) is -1.08. The van der Waals surface area contributed by atoms with Crippen molar-refractivity contribution in [2.24, 2.45) is 5.41 Å². The van der Waals surface area contributed by atoms with Crippen LogP contribution >= 0.6 is 11.6 Å². The van der Waals surface area contributed by atoms with Gasteiger partial charge in [-0.3, -0.25) is 0 Å². The van der Waals surface area contributed by atoms with E-state index in [1.54, 1.807) is 13.0 Å². The first-order valence-electron chi connectivity index (χ1n) is 6.62. The molecule has 1 heterocycles. The first-order chi connectivity index (χ1) is 9.81. The van der Waals surface area contributed by atoms with Crippen LogP contribution in [0.25, 0.3) is 5.57 Å². The summed E-state index contributed by atoms with van der Waals surface area (Å²) in [6.45, 7) is 5.65. The Morgan fingerprint density at radius 2 is 2.10 bits per heavy atom. The van der Waals surface area contributed by atoms with Gasteiger partial charge in [-0.1, -0.05) is 43.6 Å². The Morgan fingerprint density at radius 1 is 1.43 bits per heavy atom. The second-order valence-corrected chi connectivity index (χ2v) is 6.13. The molecule has 4 nitrogen and oxygen atoms in total. The molecule has 21 heavy (non-hydrogen) atoms. The number of halogens is 1. The van der Waals surface area contributed by atoms with Crippen molar-refractivity contribution >= 4 is 29.1 Å². The molecule has 0 bridgehead atoms. The number of ether oxygens (including phenoxy) is 2. The molecule has 0 aliphatic carbocycles. The predicted molar refractivity (Wildman–Crippen MR) is 79.7 cm³/mol. The molecule has 5 heteroatoms. The number of esters is 2. The molecule has 1 atom stereocenters. The molecule has 1 aliphatic heterocycles. The van der Waals surface area contributed by atoms with Gasteiger partial charge >= 0.3 is 11.9 Å². The Bertz CT molecular complexity index is 604. The monoisotopic (exact) mass is 308 g/mol. The number of carbonyl (C=O) groups is 2. The number of rotatable bonds is 3. The maximum absolute atomic E-state index is 12.0. The molecule has 0 aromatic heterocycles. The lowest BCUT2D eigenvalue weighted by molar-refractivity contribution is -0.159. The van der Waals surface area contributed by atoms with Crippen LogP contribution in [0.4, 0.5) is 0 Å². The standard InChI is InChI=1S/C16H17ClO4/c1-10(11-6-4-5-7-12(11)17)8-13(18)21-14-15(19)20-9-16(14,2)3/h4-8,14H,9H2,1-3H3/b10-8-/t14-/m0/s1. The zero-order valence-electron chi connectivity index (χ0n) is 12.2. The molecule has 0 radical (unpaired) electrons. The van der Waals surface area contributed by atoms with Crippen molar-refractivity contribution in [1.82, 2.24) is 0 Å². The van der Waals surface area contributed by atoms with Crippen molar-refractivity contribution in [2.45, 2.75) is 26.9 Å². The molecule has 1 aromatic rings. The van der Waals surface area contributed by atoms with E-state index in [1.807, 2.05) is 32.0 Å². The van der Waals surface area contributed by atoms with Crippen molar-refractivity contribution in [3.8, 4) is 0 Å². The van der Waals surface area contributed by atoms with Crippen LogP contribution in [-0.4, -0.2) is 24.6 Å². The third-order valence-corrected chi connectivity index (χ3v) is 3.71. The molecule has 0 saturated carbocycles. The molecule has 0 N–H and O–H groups in total. The summed E-state index contributed by atoms with van der Waals surface area (Å²) in [5.41, 5.74) is 0.915. The zero-order valence-corrected chi connectivity index (χ0v) is 12.9. The van der Waals surface area contributed by atoms with Crippen LogP contribution in [0, 0.1) is 5.41 Å². The van der Waals surface area contributed by atoms with E-state index < -0.39 is 23.5 Å². The van der Waals surface area contributed by atoms with Crippen LogP contribution in [0.3, 0.4) is 0 Å². The van der Waals surface area contributed by atoms with Crippen LogP contribution < -0.4 is 0 Å². The van der Waals surface area contributed by atoms with Gasteiger partial charge < -0.3 is 9.47 Å². The number of hydrogen-bond donors (Lipinski definition) is 0. The Morgan fingerprint density at radius 3 is 2.67 bits per heavy atom. The Kier molecular flexibility index (Phi) is 4.37. The van der Waals surface area contributed by atoms with Gasteiger partial charge in [0, 0.05) is 16.5 Å². The summed E-state index contributed by atoms with van der Waals surface area (Å²) in [5, 5.41) is 0.555. The SMILES string of the molecule is C/C(=C/C(=O)O[C@H]1C(=O)OCC1(C)C)c1ccccc1Cl. The predicted octanol–water partition coefficient (Wildman–Crippen LogP) is 3.24. The summed E-state index contributed by atoms with van der Waals surface area (Å²) >= 11 is 6.07. The molecule has 1 aliphatic rings. The van der Waals surface area contributed by atoms with E-state index in [4.69, 9.17) is 21.1 Å². The van der Waals surface area contributed by atoms with Gasteiger partial charge in [0.25, 0.3) is 0 Å². The summed E-state index contributed by atoms with van der Waals surface area (Å²) in [4.78, 5) is 23.6. The van der Waals surface area contributed by atoms with E-state index in [0.717, 1.165) is 5.56 Å². The van der Waals surface area contributed by atoms with E-state index in [1.165, 1.54) is 6.08 Å². The number of benzene rings is 1. The average molecular weight is 309 g/mol. The summed E-state index contributed by atoms with van der Waals surface area (Å²) in [6, 6.07) is 7.21. The first kappa shape index (κ1) is 15.6. The van der Waals surface area contributed by atoms with Crippen molar-refractivity contribution in [3.05, 3.63) is 40.9 Å². The Labute approximate surface area is 128 Å². The molecular weight excluding hydrogens is 292 g/mol. The zero-order chi connectivity index (χ0) is 15.6. The quantitative estimate of drug-likeness (QED) is 0.635. The second-order valence-electron chi connectivity index (χ2n) is 5.72. The van der Waals surface area contributed by atoms with Gasteiger partial charge in [-0.2, -0.15) is 0 Å². The molecule has 0 unspecified atom stereocenters. The van der Waals surface area contributed by atoms with Crippen molar-refractivity contribution in [2.75, 3.05) is 6.61 Å². The largest absolute Gasteiger partial charge is 0.462 e. The van der Waals surface area contributed by atoms with Crippen LogP contribution in [-0.2, 0) is 19.1 Å². The fourth-order valence-corrected chi connectivity index (χ4v) is 2.41. The fourth-order valence-electron chi connectivity index (χ4n) is 2.12. The minimum Gasteiger partial charge on any atom is -0.462 e. The number of cyclic esters (lactones) is 1. The van der Waals surface area contributed by atoms with E-state index in [0.29, 0.717) is 10.6 Å². The van der Waals surface area contributed by atoms with Gasteiger partial charge in [-0.05, 0) is 24.1 Å². The van der Waals surface area contributed by atoms with Crippen molar-refractivity contribution in [1.29, 1.82) is 0 Å². The van der Waals surface area contributed by atoms with Crippen molar-refractivity contribution < 1.29 is 19.1 Å². The highest BCUT2D eigenvalue weighted by Gasteiger charge is 2.46. The van der Waals surface area contributed by atoms with Gasteiger partial charge in [0.15, 0.2) is 0 Å². The van der Waals surface area contributed by atoms with E-state index in [-0.39, 0.29) is 6.61 Å². The lowest BCUT2D eigenvalue weighted by atomic mass is 9.90. The fraction of sp³-hybridized carbons (Fsp3) is 0.375.